The number of ether oxygens (including phenoxy) is 1. The van der Waals surface area contributed by atoms with Crippen LogP contribution in [0.2, 0.25) is 0 Å². The summed E-state index contributed by atoms with van der Waals surface area (Å²) in [7, 11) is 0. The van der Waals surface area contributed by atoms with Crippen LogP contribution in [-0.4, -0.2) is 23.8 Å². The van der Waals surface area contributed by atoms with Gasteiger partial charge in [0.15, 0.2) is 0 Å². The molecule has 0 bridgehead atoms. The highest BCUT2D eigenvalue weighted by Crippen LogP contribution is 2.06. The Morgan fingerprint density at radius 2 is 2.00 bits per heavy atom. The van der Waals surface area contributed by atoms with Crippen molar-refractivity contribution in [2.24, 2.45) is 5.73 Å². The molecule has 0 saturated carbocycles. The van der Waals surface area contributed by atoms with Gasteiger partial charge in [-0.1, -0.05) is 0 Å². The SMILES string of the molecule is NC(=O)O.O=C1CCCCCO1. The van der Waals surface area contributed by atoms with Crippen molar-refractivity contribution in [3.63, 3.8) is 0 Å². The third-order valence-electron chi connectivity index (χ3n) is 1.29. The molecule has 1 aliphatic rings. The van der Waals surface area contributed by atoms with E-state index in [9.17, 15) is 4.79 Å². The predicted octanol–water partition coefficient (Wildman–Crippen LogP) is 0.727. The maximum atomic E-state index is 10.5. The van der Waals surface area contributed by atoms with Crippen LogP contribution in [0.3, 0.4) is 0 Å². The number of cyclic esters (lactones) is 1. The molecule has 0 aromatic heterocycles. The van der Waals surface area contributed by atoms with Gasteiger partial charge in [-0.25, -0.2) is 4.79 Å². The number of carbonyl (C=O) groups excluding carboxylic acids is 1. The summed E-state index contributed by atoms with van der Waals surface area (Å²) in [5.41, 5.74) is 4.03. The largest absolute Gasteiger partial charge is 0.466 e. The van der Waals surface area contributed by atoms with E-state index in [1.54, 1.807) is 0 Å². The Bertz CT molecular complexity index is 143. The Hall–Kier alpha value is -1.26. The lowest BCUT2D eigenvalue weighted by Gasteiger charge is -1.93. The van der Waals surface area contributed by atoms with Crippen molar-refractivity contribution in [1.29, 1.82) is 0 Å². The van der Waals surface area contributed by atoms with Gasteiger partial charge >= 0.3 is 12.1 Å². The normalized spacial score (nSPS) is 16.5. The van der Waals surface area contributed by atoms with Gasteiger partial charge in [-0.2, -0.15) is 0 Å². The minimum atomic E-state index is -1.33. The fourth-order valence-electron chi connectivity index (χ4n) is 0.806. The summed E-state index contributed by atoms with van der Waals surface area (Å²) < 4.78 is 4.76. The van der Waals surface area contributed by atoms with Crippen LogP contribution < -0.4 is 5.73 Å². The number of carboxylic acid groups (broad SMARTS) is 1. The lowest BCUT2D eigenvalue weighted by Crippen LogP contribution is -2.03. The molecule has 5 heteroatoms. The zero-order valence-corrected chi connectivity index (χ0v) is 6.78. The van der Waals surface area contributed by atoms with Gasteiger partial charge < -0.3 is 15.6 Å². The molecule has 0 spiro atoms. The highest BCUT2D eigenvalue weighted by Gasteiger charge is 2.05. The molecular weight excluding hydrogens is 162 g/mol. The summed E-state index contributed by atoms with van der Waals surface area (Å²) in [5, 5.41) is 7.19. The van der Waals surface area contributed by atoms with Crippen LogP contribution in [0.5, 0.6) is 0 Å². The minimum absolute atomic E-state index is 0.0255. The summed E-state index contributed by atoms with van der Waals surface area (Å²) in [6, 6.07) is 0. The third kappa shape index (κ3) is 8.74. The Labute approximate surface area is 70.5 Å². The van der Waals surface area contributed by atoms with Crippen LogP contribution in [0.15, 0.2) is 0 Å². The second-order valence-corrected chi connectivity index (χ2v) is 2.37. The molecule has 1 amide bonds. The molecule has 0 aromatic rings. The van der Waals surface area contributed by atoms with E-state index in [1.165, 1.54) is 0 Å². The summed E-state index contributed by atoms with van der Waals surface area (Å²) in [6.45, 7) is 0.638. The molecule has 1 fully saturated rings. The summed E-state index contributed by atoms with van der Waals surface area (Å²) in [6.07, 6.45) is 2.50. The highest BCUT2D eigenvalue weighted by molar-refractivity contribution is 5.69. The van der Waals surface area contributed by atoms with E-state index in [4.69, 9.17) is 14.6 Å². The summed E-state index contributed by atoms with van der Waals surface area (Å²) in [4.78, 5) is 19.2. The summed E-state index contributed by atoms with van der Waals surface area (Å²) in [5.74, 6) is -0.0255. The zero-order valence-electron chi connectivity index (χ0n) is 6.78. The molecule has 1 heterocycles. The van der Waals surface area contributed by atoms with Gasteiger partial charge in [-0.15, -0.1) is 0 Å². The molecule has 12 heavy (non-hydrogen) atoms. The number of primary amides is 1. The van der Waals surface area contributed by atoms with Gasteiger partial charge in [-0.05, 0) is 19.3 Å². The third-order valence-corrected chi connectivity index (χ3v) is 1.29. The van der Waals surface area contributed by atoms with Crippen molar-refractivity contribution < 1.29 is 19.4 Å². The van der Waals surface area contributed by atoms with Crippen molar-refractivity contribution in [2.45, 2.75) is 25.7 Å². The molecule has 1 rings (SSSR count). The number of rotatable bonds is 0. The van der Waals surface area contributed by atoms with Crippen LogP contribution in [0.4, 0.5) is 4.79 Å². The number of carbonyl (C=O) groups is 2. The smallest absolute Gasteiger partial charge is 0.402 e. The number of hydrogen-bond donors (Lipinski definition) is 2. The maximum absolute atomic E-state index is 10.5. The molecule has 0 radical (unpaired) electrons. The first-order chi connectivity index (χ1) is 5.63. The molecule has 1 saturated heterocycles. The van der Waals surface area contributed by atoms with Gasteiger partial charge in [0.05, 0.1) is 6.61 Å². The van der Waals surface area contributed by atoms with Gasteiger partial charge in [0.1, 0.15) is 0 Å². The Balaban J connectivity index is 0.000000261. The fourth-order valence-corrected chi connectivity index (χ4v) is 0.806. The van der Waals surface area contributed by atoms with Crippen molar-refractivity contribution in [2.75, 3.05) is 6.61 Å². The lowest BCUT2D eigenvalue weighted by atomic mass is 10.2. The Morgan fingerprint density at radius 1 is 1.42 bits per heavy atom. The first-order valence-corrected chi connectivity index (χ1v) is 3.77. The molecule has 1 aliphatic heterocycles. The topological polar surface area (TPSA) is 89.6 Å². The molecule has 3 N–H and O–H groups in total. The van der Waals surface area contributed by atoms with Crippen LogP contribution in [-0.2, 0) is 9.53 Å². The first-order valence-electron chi connectivity index (χ1n) is 3.77. The molecule has 0 aliphatic carbocycles. The number of nitrogens with two attached hydrogens (primary N) is 1. The number of hydrogen-bond acceptors (Lipinski definition) is 3. The van der Waals surface area contributed by atoms with E-state index in [-0.39, 0.29) is 5.97 Å². The fraction of sp³-hybridized carbons (Fsp3) is 0.714. The monoisotopic (exact) mass is 175 g/mol. The van der Waals surface area contributed by atoms with Crippen LogP contribution >= 0.6 is 0 Å². The summed E-state index contributed by atoms with van der Waals surface area (Å²) >= 11 is 0. The number of esters is 1. The second kappa shape index (κ2) is 6.45. The molecule has 0 unspecified atom stereocenters. The van der Waals surface area contributed by atoms with Crippen molar-refractivity contribution in [3.8, 4) is 0 Å². The van der Waals surface area contributed by atoms with E-state index in [1.807, 2.05) is 0 Å². The average Bonchev–Trinajstić information content (AvgIpc) is 2.14. The van der Waals surface area contributed by atoms with Gasteiger partial charge in [0, 0.05) is 6.42 Å². The molecule has 0 atom stereocenters. The van der Waals surface area contributed by atoms with E-state index in [2.05, 4.69) is 5.73 Å². The maximum Gasteiger partial charge on any atom is 0.402 e. The van der Waals surface area contributed by atoms with Gasteiger partial charge in [-0.3, -0.25) is 4.79 Å². The predicted molar refractivity (Wildman–Crippen MR) is 41.6 cm³/mol. The van der Waals surface area contributed by atoms with Crippen molar-refractivity contribution in [1.82, 2.24) is 0 Å². The molecular formula is C7H13NO4. The van der Waals surface area contributed by atoms with Crippen molar-refractivity contribution >= 4 is 12.1 Å². The van der Waals surface area contributed by atoms with Crippen LogP contribution in [0, 0.1) is 0 Å². The number of amides is 1. The molecule has 70 valence electrons. The molecule has 0 aromatic carbocycles. The highest BCUT2D eigenvalue weighted by atomic mass is 16.5. The Morgan fingerprint density at radius 3 is 2.58 bits per heavy atom. The van der Waals surface area contributed by atoms with Crippen LogP contribution in [0.1, 0.15) is 25.7 Å². The lowest BCUT2D eigenvalue weighted by molar-refractivity contribution is -0.142. The standard InChI is InChI=1S/C6H10O2.CH3NO2/c7-6-4-2-1-3-5-8-6;2-1(3)4/h1-5H2;2H2,(H,3,4). The van der Waals surface area contributed by atoms with Gasteiger partial charge in [0.2, 0.25) is 0 Å². The van der Waals surface area contributed by atoms with Crippen molar-refractivity contribution in [3.05, 3.63) is 0 Å². The molecule has 5 nitrogen and oxygen atoms in total. The van der Waals surface area contributed by atoms with E-state index in [0.29, 0.717) is 13.0 Å². The zero-order chi connectivity index (χ0) is 9.40. The Kier molecular flexibility index (Phi) is 5.77. The minimum Gasteiger partial charge on any atom is -0.466 e. The quantitative estimate of drug-likeness (QED) is 0.531. The first kappa shape index (κ1) is 10.7. The average molecular weight is 175 g/mol. The van der Waals surface area contributed by atoms with E-state index >= 15 is 0 Å². The van der Waals surface area contributed by atoms with E-state index in [0.717, 1.165) is 19.3 Å². The van der Waals surface area contributed by atoms with Gasteiger partial charge in [0.25, 0.3) is 0 Å². The van der Waals surface area contributed by atoms with Crippen LogP contribution in [0.25, 0.3) is 0 Å². The second-order valence-electron chi connectivity index (χ2n) is 2.37. The van der Waals surface area contributed by atoms with E-state index < -0.39 is 6.09 Å².